The summed E-state index contributed by atoms with van der Waals surface area (Å²) in [5.41, 5.74) is 0. The van der Waals surface area contributed by atoms with E-state index < -0.39 is 0 Å². The molecule has 1 atom stereocenters. The molecule has 1 rings (SSSR count). The van der Waals surface area contributed by atoms with Crippen LogP contribution in [0.1, 0.15) is 19.3 Å². The Labute approximate surface area is 111 Å². The van der Waals surface area contributed by atoms with Crippen LogP contribution in [-0.4, -0.2) is 65.8 Å². The summed E-state index contributed by atoms with van der Waals surface area (Å²) in [5.74, 6) is 0. The predicted molar refractivity (Wildman–Crippen MR) is 72.0 cm³/mol. The van der Waals surface area contributed by atoms with E-state index in [9.17, 15) is 0 Å². The molecule has 0 aromatic carbocycles. The Bertz CT molecular complexity index is 178. The number of methoxy groups -OCH3 is 2. The van der Waals surface area contributed by atoms with Crippen LogP contribution in [0.3, 0.4) is 0 Å². The van der Waals surface area contributed by atoms with Gasteiger partial charge in [0.05, 0.1) is 18.8 Å². The van der Waals surface area contributed by atoms with E-state index in [2.05, 4.69) is 10.6 Å². The van der Waals surface area contributed by atoms with Gasteiger partial charge in [0.2, 0.25) is 0 Å². The molecule has 108 valence electrons. The van der Waals surface area contributed by atoms with Crippen molar-refractivity contribution in [2.24, 2.45) is 0 Å². The van der Waals surface area contributed by atoms with Gasteiger partial charge >= 0.3 is 0 Å². The Morgan fingerprint density at radius 1 is 1.28 bits per heavy atom. The molecule has 0 aromatic rings. The van der Waals surface area contributed by atoms with Gasteiger partial charge in [-0.2, -0.15) is 0 Å². The highest BCUT2D eigenvalue weighted by Gasteiger charge is 2.12. The topological polar surface area (TPSA) is 51.8 Å². The van der Waals surface area contributed by atoms with Crippen molar-refractivity contribution in [3.63, 3.8) is 0 Å². The highest BCUT2D eigenvalue weighted by atomic mass is 16.5. The number of hydrogen-bond acceptors (Lipinski definition) is 5. The van der Waals surface area contributed by atoms with Gasteiger partial charge in [0, 0.05) is 27.4 Å². The lowest BCUT2D eigenvalue weighted by Crippen LogP contribution is -2.34. The lowest BCUT2D eigenvalue weighted by atomic mass is 10.1. The van der Waals surface area contributed by atoms with Crippen LogP contribution >= 0.6 is 0 Å². The van der Waals surface area contributed by atoms with Crippen LogP contribution < -0.4 is 10.6 Å². The summed E-state index contributed by atoms with van der Waals surface area (Å²) in [6.07, 6.45) is 3.94. The number of ether oxygens (including phenoxy) is 3. The van der Waals surface area contributed by atoms with Gasteiger partial charge in [0.25, 0.3) is 0 Å². The molecule has 0 spiro atoms. The first kappa shape index (κ1) is 15.9. The zero-order chi connectivity index (χ0) is 13.1. The normalized spacial score (nSPS) is 19.0. The van der Waals surface area contributed by atoms with E-state index in [0.29, 0.717) is 12.7 Å². The van der Waals surface area contributed by atoms with E-state index in [4.69, 9.17) is 14.2 Å². The maximum atomic E-state index is 5.83. The molecule has 5 heteroatoms. The average molecular weight is 260 g/mol. The summed E-state index contributed by atoms with van der Waals surface area (Å²) in [5, 5.41) is 6.70. The van der Waals surface area contributed by atoms with Gasteiger partial charge in [-0.05, 0) is 38.9 Å². The third-order valence-corrected chi connectivity index (χ3v) is 3.20. The third kappa shape index (κ3) is 7.28. The van der Waals surface area contributed by atoms with Crippen molar-refractivity contribution in [2.75, 3.05) is 53.6 Å². The van der Waals surface area contributed by atoms with Gasteiger partial charge in [-0.3, -0.25) is 0 Å². The molecule has 0 saturated carbocycles. The number of rotatable bonds is 10. The second kappa shape index (κ2) is 10.7. The fraction of sp³-hybridized carbons (Fsp3) is 1.00. The summed E-state index contributed by atoms with van der Waals surface area (Å²) in [6, 6.07) is 0. The Morgan fingerprint density at radius 3 is 2.72 bits per heavy atom. The van der Waals surface area contributed by atoms with Crippen molar-refractivity contribution in [2.45, 2.75) is 31.5 Å². The van der Waals surface area contributed by atoms with Crippen LogP contribution in [0, 0.1) is 0 Å². The first-order valence-electron chi connectivity index (χ1n) is 6.91. The zero-order valence-electron chi connectivity index (χ0n) is 11.7. The lowest BCUT2D eigenvalue weighted by Gasteiger charge is -2.23. The molecule has 1 unspecified atom stereocenters. The molecule has 0 bridgehead atoms. The van der Waals surface area contributed by atoms with Crippen LogP contribution in [0.4, 0.5) is 0 Å². The monoisotopic (exact) mass is 260 g/mol. The summed E-state index contributed by atoms with van der Waals surface area (Å²) in [7, 11) is 3.41. The van der Waals surface area contributed by atoms with Crippen LogP contribution in [0.25, 0.3) is 0 Å². The molecule has 1 aliphatic heterocycles. The smallest absolute Gasteiger partial charge is 0.0928 e. The van der Waals surface area contributed by atoms with Crippen molar-refractivity contribution in [3.8, 4) is 0 Å². The molecule has 0 aliphatic carbocycles. The second-order valence-electron chi connectivity index (χ2n) is 4.69. The SMILES string of the molecule is COCC(CNCCCOC1CCNCC1)OC. The molecule has 0 amide bonds. The largest absolute Gasteiger partial charge is 0.382 e. The first-order chi connectivity index (χ1) is 8.86. The van der Waals surface area contributed by atoms with Crippen molar-refractivity contribution in [1.82, 2.24) is 10.6 Å². The van der Waals surface area contributed by atoms with Crippen LogP contribution in [0.2, 0.25) is 0 Å². The van der Waals surface area contributed by atoms with Crippen LogP contribution in [-0.2, 0) is 14.2 Å². The number of hydrogen-bond donors (Lipinski definition) is 2. The van der Waals surface area contributed by atoms with Gasteiger partial charge in [0.1, 0.15) is 0 Å². The first-order valence-corrected chi connectivity index (χ1v) is 6.91. The van der Waals surface area contributed by atoms with Gasteiger partial charge in [-0.25, -0.2) is 0 Å². The summed E-state index contributed by atoms with van der Waals surface area (Å²) < 4.78 is 16.2. The number of piperidine rings is 1. The summed E-state index contributed by atoms with van der Waals surface area (Å²) in [4.78, 5) is 0. The zero-order valence-corrected chi connectivity index (χ0v) is 11.7. The molecule has 0 radical (unpaired) electrons. The molecule has 1 fully saturated rings. The fourth-order valence-electron chi connectivity index (χ4n) is 2.07. The fourth-order valence-corrected chi connectivity index (χ4v) is 2.07. The van der Waals surface area contributed by atoms with E-state index in [1.807, 2.05) is 0 Å². The molecule has 0 aromatic heterocycles. The summed E-state index contributed by atoms with van der Waals surface area (Å²) in [6.45, 7) is 5.46. The summed E-state index contributed by atoms with van der Waals surface area (Å²) >= 11 is 0. The minimum atomic E-state index is 0.139. The van der Waals surface area contributed by atoms with E-state index in [1.54, 1.807) is 14.2 Å². The molecular weight excluding hydrogens is 232 g/mol. The molecule has 1 heterocycles. The quantitative estimate of drug-likeness (QED) is 0.557. The standard InChI is InChI=1S/C13H28N2O3/c1-16-11-13(17-2)10-15-6-3-9-18-12-4-7-14-8-5-12/h12-15H,3-11H2,1-2H3. The Hall–Kier alpha value is -0.200. The lowest BCUT2D eigenvalue weighted by molar-refractivity contribution is 0.0240. The molecule has 5 nitrogen and oxygen atoms in total. The second-order valence-corrected chi connectivity index (χ2v) is 4.69. The third-order valence-electron chi connectivity index (χ3n) is 3.20. The van der Waals surface area contributed by atoms with Crippen molar-refractivity contribution < 1.29 is 14.2 Å². The van der Waals surface area contributed by atoms with Crippen molar-refractivity contribution >= 4 is 0 Å². The molecule has 2 N–H and O–H groups in total. The van der Waals surface area contributed by atoms with Crippen molar-refractivity contribution in [1.29, 1.82) is 0 Å². The molecular formula is C13H28N2O3. The van der Waals surface area contributed by atoms with Gasteiger partial charge in [-0.1, -0.05) is 0 Å². The van der Waals surface area contributed by atoms with E-state index in [0.717, 1.165) is 52.0 Å². The van der Waals surface area contributed by atoms with E-state index >= 15 is 0 Å². The van der Waals surface area contributed by atoms with Gasteiger partial charge < -0.3 is 24.8 Å². The Morgan fingerprint density at radius 2 is 2.06 bits per heavy atom. The highest BCUT2D eigenvalue weighted by molar-refractivity contribution is 4.68. The Balaban J connectivity index is 1.88. The van der Waals surface area contributed by atoms with Crippen molar-refractivity contribution in [3.05, 3.63) is 0 Å². The van der Waals surface area contributed by atoms with E-state index in [-0.39, 0.29) is 6.10 Å². The minimum absolute atomic E-state index is 0.139. The molecule has 18 heavy (non-hydrogen) atoms. The molecule has 1 aliphatic rings. The van der Waals surface area contributed by atoms with Crippen LogP contribution in [0.5, 0.6) is 0 Å². The van der Waals surface area contributed by atoms with E-state index in [1.165, 1.54) is 0 Å². The van der Waals surface area contributed by atoms with Crippen LogP contribution in [0.15, 0.2) is 0 Å². The number of nitrogens with one attached hydrogen (secondary N) is 2. The minimum Gasteiger partial charge on any atom is -0.382 e. The highest BCUT2D eigenvalue weighted by Crippen LogP contribution is 2.06. The predicted octanol–water partition coefficient (Wildman–Crippen LogP) is 0.396. The molecule has 1 saturated heterocycles. The average Bonchev–Trinajstić information content (AvgIpc) is 2.42. The maximum absolute atomic E-state index is 5.83. The Kier molecular flexibility index (Phi) is 9.42. The van der Waals surface area contributed by atoms with Gasteiger partial charge in [-0.15, -0.1) is 0 Å². The maximum Gasteiger partial charge on any atom is 0.0928 e. The van der Waals surface area contributed by atoms with Gasteiger partial charge in [0.15, 0.2) is 0 Å².